The lowest BCUT2D eigenvalue weighted by atomic mass is 10.1. The molecule has 0 radical (unpaired) electrons. The van der Waals surface area contributed by atoms with Gasteiger partial charge in [0.2, 0.25) is 0 Å². The molecule has 1 rings (SSSR count). The average Bonchev–Trinajstić information content (AvgIpc) is 2.80. The standard InChI is InChI=1S/C14H21N3O4/c1-9(18)10-7-12(17(2)8-10)13(19)16-6-4-3-5-11(15)14(20)21/h7-8,11H,3-6,15H2,1-2H3,(H,16,19)(H,20,21)/t11-/m0/s1. The van der Waals surface area contributed by atoms with Crippen LogP contribution in [0, 0.1) is 0 Å². The summed E-state index contributed by atoms with van der Waals surface area (Å²) in [5.74, 6) is -1.36. The maximum Gasteiger partial charge on any atom is 0.320 e. The molecule has 0 aromatic carbocycles. The number of nitrogens with one attached hydrogen (secondary N) is 1. The highest BCUT2D eigenvalue weighted by Crippen LogP contribution is 2.08. The number of nitrogens with zero attached hydrogens (tertiary/aromatic N) is 1. The van der Waals surface area contributed by atoms with Gasteiger partial charge in [-0.1, -0.05) is 0 Å². The van der Waals surface area contributed by atoms with E-state index in [2.05, 4.69) is 5.32 Å². The lowest BCUT2D eigenvalue weighted by Gasteiger charge is -2.07. The Labute approximate surface area is 123 Å². The van der Waals surface area contributed by atoms with Crippen LogP contribution in [0.4, 0.5) is 0 Å². The number of hydrogen-bond acceptors (Lipinski definition) is 4. The third-order valence-corrected chi connectivity index (χ3v) is 3.19. The summed E-state index contributed by atoms with van der Waals surface area (Å²) in [7, 11) is 1.70. The number of hydrogen-bond donors (Lipinski definition) is 3. The molecule has 1 heterocycles. The van der Waals surface area contributed by atoms with Gasteiger partial charge >= 0.3 is 5.97 Å². The Morgan fingerprint density at radius 3 is 2.57 bits per heavy atom. The van der Waals surface area contributed by atoms with Gasteiger partial charge in [-0.05, 0) is 32.3 Å². The fourth-order valence-electron chi connectivity index (χ4n) is 1.89. The van der Waals surface area contributed by atoms with Gasteiger partial charge in [0, 0.05) is 25.4 Å². The Morgan fingerprint density at radius 1 is 1.38 bits per heavy atom. The Kier molecular flexibility index (Phi) is 6.10. The van der Waals surface area contributed by atoms with Crippen molar-refractivity contribution in [2.45, 2.75) is 32.2 Å². The quantitative estimate of drug-likeness (QED) is 0.478. The number of rotatable bonds is 8. The zero-order valence-corrected chi connectivity index (χ0v) is 12.3. The van der Waals surface area contributed by atoms with Crippen molar-refractivity contribution < 1.29 is 19.5 Å². The van der Waals surface area contributed by atoms with Gasteiger partial charge in [-0.25, -0.2) is 0 Å². The summed E-state index contributed by atoms with van der Waals surface area (Å²) in [6, 6.07) is 0.699. The molecule has 0 saturated carbocycles. The van der Waals surface area contributed by atoms with Gasteiger partial charge in [0.25, 0.3) is 5.91 Å². The molecule has 1 amide bonds. The molecule has 1 aromatic heterocycles. The number of carbonyl (C=O) groups excluding carboxylic acids is 2. The van der Waals surface area contributed by atoms with Gasteiger partial charge in [-0.2, -0.15) is 0 Å². The number of aliphatic carboxylic acids is 1. The first-order valence-corrected chi connectivity index (χ1v) is 6.76. The molecule has 1 aromatic rings. The van der Waals surface area contributed by atoms with Crippen LogP contribution in [-0.2, 0) is 11.8 Å². The van der Waals surface area contributed by atoms with Crippen LogP contribution in [-0.4, -0.2) is 39.9 Å². The van der Waals surface area contributed by atoms with E-state index in [-0.39, 0.29) is 11.7 Å². The molecular formula is C14H21N3O4. The minimum absolute atomic E-state index is 0.0905. The third-order valence-electron chi connectivity index (χ3n) is 3.19. The fourth-order valence-corrected chi connectivity index (χ4v) is 1.89. The Balaban J connectivity index is 2.37. The average molecular weight is 295 g/mol. The topological polar surface area (TPSA) is 114 Å². The molecule has 0 aliphatic heterocycles. The predicted molar refractivity (Wildman–Crippen MR) is 77.2 cm³/mol. The summed E-state index contributed by atoms with van der Waals surface area (Å²) in [4.78, 5) is 33.7. The van der Waals surface area contributed by atoms with E-state index in [4.69, 9.17) is 10.8 Å². The van der Waals surface area contributed by atoms with Crippen LogP contribution in [0.5, 0.6) is 0 Å². The second-order valence-corrected chi connectivity index (χ2v) is 4.98. The van der Waals surface area contributed by atoms with Crippen molar-refractivity contribution >= 4 is 17.7 Å². The summed E-state index contributed by atoms with van der Waals surface area (Å²) >= 11 is 0. The monoisotopic (exact) mass is 295 g/mol. The highest BCUT2D eigenvalue weighted by molar-refractivity contribution is 5.99. The summed E-state index contributed by atoms with van der Waals surface area (Å²) in [6.45, 7) is 1.88. The van der Waals surface area contributed by atoms with E-state index in [1.165, 1.54) is 6.92 Å². The lowest BCUT2D eigenvalue weighted by Crippen LogP contribution is -2.30. The number of ketones is 1. The van der Waals surface area contributed by atoms with Gasteiger partial charge in [0.1, 0.15) is 11.7 Å². The van der Waals surface area contributed by atoms with Crippen molar-refractivity contribution in [3.8, 4) is 0 Å². The van der Waals surface area contributed by atoms with Gasteiger partial charge in [0.15, 0.2) is 5.78 Å². The largest absolute Gasteiger partial charge is 0.480 e. The highest BCUT2D eigenvalue weighted by atomic mass is 16.4. The molecule has 1 atom stereocenters. The number of carboxylic acid groups (broad SMARTS) is 1. The molecule has 0 unspecified atom stereocenters. The van der Waals surface area contributed by atoms with Crippen molar-refractivity contribution in [1.29, 1.82) is 0 Å². The van der Waals surface area contributed by atoms with Gasteiger partial charge in [-0.15, -0.1) is 0 Å². The van der Waals surface area contributed by atoms with Crippen LogP contribution in [0.25, 0.3) is 0 Å². The molecule has 0 spiro atoms. The smallest absolute Gasteiger partial charge is 0.320 e. The second-order valence-electron chi connectivity index (χ2n) is 4.98. The second kappa shape index (κ2) is 7.58. The van der Waals surface area contributed by atoms with E-state index in [0.29, 0.717) is 37.1 Å². The number of carboxylic acids is 1. The van der Waals surface area contributed by atoms with Crippen LogP contribution in [0.1, 0.15) is 47.0 Å². The van der Waals surface area contributed by atoms with Crippen molar-refractivity contribution in [1.82, 2.24) is 9.88 Å². The maximum absolute atomic E-state index is 11.9. The molecule has 4 N–H and O–H groups in total. The van der Waals surface area contributed by atoms with Gasteiger partial charge in [-0.3, -0.25) is 14.4 Å². The Hall–Kier alpha value is -2.15. The highest BCUT2D eigenvalue weighted by Gasteiger charge is 2.14. The van der Waals surface area contributed by atoms with E-state index in [1.54, 1.807) is 23.9 Å². The first kappa shape index (κ1) is 16.9. The van der Waals surface area contributed by atoms with Crippen LogP contribution < -0.4 is 11.1 Å². The van der Waals surface area contributed by atoms with Crippen molar-refractivity contribution in [2.75, 3.05) is 6.54 Å². The molecule has 7 heteroatoms. The Morgan fingerprint density at radius 2 is 2.05 bits per heavy atom. The lowest BCUT2D eigenvalue weighted by molar-refractivity contribution is -0.138. The van der Waals surface area contributed by atoms with E-state index in [0.717, 1.165) is 0 Å². The third kappa shape index (κ3) is 5.03. The molecule has 21 heavy (non-hydrogen) atoms. The number of Topliss-reactive ketones (excluding diaryl/α,β-unsaturated/α-hetero) is 1. The van der Waals surface area contributed by atoms with Crippen LogP contribution >= 0.6 is 0 Å². The van der Waals surface area contributed by atoms with E-state index in [9.17, 15) is 14.4 Å². The number of nitrogens with two attached hydrogens (primary N) is 1. The molecular weight excluding hydrogens is 274 g/mol. The molecule has 0 fully saturated rings. The zero-order valence-electron chi connectivity index (χ0n) is 12.3. The summed E-state index contributed by atoms with van der Waals surface area (Å²) in [5, 5.41) is 11.4. The van der Waals surface area contributed by atoms with Crippen LogP contribution in [0.15, 0.2) is 12.3 Å². The molecule has 116 valence electrons. The van der Waals surface area contributed by atoms with Gasteiger partial charge in [0.05, 0.1) is 0 Å². The van der Waals surface area contributed by atoms with Crippen molar-refractivity contribution in [3.05, 3.63) is 23.5 Å². The number of unbranched alkanes of at least 4 members (excludes halogenated alkanes) is 1. The normalized spacial score (nSPS) is 12.0. The Bertz CT molecular complexity index is 536. The molecule has 0 bridgehead atoms. The molecule has 7 nitrogen and oxygen atoms in total. The van der Waals surface area contributed by atoms with Crippen LogP contribution in [0.3, 0.4) is 0 Å². The van der Waals surface area contributed by atoms with E-state index >= 15 is 0 Å². The number of amides is 1. The first-order valence-electron chi connectivity index (χ1n) is 6.76. The summed E-state index contributed by atoms with van der Waals surface area (Å²) < 4.78 is 1.60. The zero-order chi connectivity index (χ0) is 16.0. The first-order chi connectivity index (χ1) is 9.82. The van der Waals surface area contributed by atoms with Crippen molar-refractivity contribution in [2.24, 2.45) is 12.8 Å². The van der Waals surface area contributed by atoms with E-state index in [1.807, 2.05) is 0 Å². The molecule has 0 aliphatic carbocycles. The number of aromatic nitrogens is 1. The van der Waals surface area contributed by atoms with E-state index < -0.39 is 12.0 Å². The van der Waals surface area contributed by atoms with Gasteiger partial charge < -0.3 is 20.7 Å². The maximum atomic E-state index is 11.9. The fraction of sp³-hybridized carbons (Fsp3) is 0.500. The summed E-state index contributed by atoms with van der Waals surface area (Å²) in [6.07, 6.45) is 3.27. The molecule has 0 saturated heterocycles. The minimum Gasteiger partial charge on any atom is -0.480 e. The number of aryl methyl sites for hydroxylation is 1. The van der Waals surface area contributed by atoms with Crippen molar-refractivity contribution in [3.63, 3.8) is 0 Å². The summed E-state index contributed by atoms with van der Waals surface area (Å²) in [5.41, 5.74) is 6.29. The van der Waals surface area contributed by atoms with Crippen LogP contribution in [0.2, 0.25) is 0 Å². The minimum atomic E-state index is -1.01. The molecule has 0 aliphatic rings. The number of carbonyl (C=O) groups is 3. The predicted octanol–water partition coefficient (Wildman–Crippen LogP) is 0.540. The SMILES string of the molecule is CC(=O)c1cc(C(=O)NCCCC[C@H](N)C(=O)O)n(C)c1.